The lowest BCUT2D eigenvalue weighted by atomic mass is 10.1. The molecule has 0 aromatic carbocycles. The average Bonchev–Trinajstić information content (AvgIpc) is 2.45. The Labute approximate surface area is 117 Å². The summed E-state index contributed by atoms with van der Waals surface area (Å²) in [6.07, 6.45) is 8.71. The number of hydrogen-bond acceptors (Lipinski definition) is 3. The lowest BCUT2D eigenvalue weighted by Gasteiger charge is -2.32. The van der Waals surface area contributed by atoms with Crippen molar-refractivity contribution in [3.63, 3.8) is 0 Å². The van der Waals surface area contributed by atoms with Crippen molar-refractivity contribution in [2.24, 2.45) is 0 Å². The van der Waals surface area contributed by atoms with Crippen LogP contribution in [0.3, 0.4) is 0 Å². The normalized spacial score (nSPS) is 16.8. The molecular formula is C15H29NO3. The van der Waals surface area contributed by atoms with Crippen molar-refractivity contribution in [1.82, 2.24) is 4.90 Å². The van der Waals surface area contributed by atoms with Gasteiger partial charge in [-0.1, -0.05) is 32.6 Å². The maximum Gasteiger partial charge on any atom is 0.222 e. The fourth-order valence-corrected chi connectivity index (χ4v) is 2.53. The zero-order valence-corrected chi connectivity index (χ0v) is 12.3. The first-order chi connectivity index (χ1) is 9.27. The Balaban J connectivity index is 2.07. The van der Waals surface area contributed by atoms with Gasteiger partial charge in [-0.25, -0.2) is 0 Å². The van der Waals surface area contributed by atoms with E-state index in [2.05, 4.69) is 6.92 Å². The Hall–Kier alpha value is -0.610. The molecule has 1 rings (SSSR count). The van der Waals surface area contributed by atoms with Crippen LogP contribution in [0.2, 0.25) is 0 Å². The predicted molar refractivity (Wildman–Crippen MR) is 76.0 cm³/mol. The van der Waals surface area contributed by atoms with Gasteiger partial charge in [-0.3, -0.25) is 4.79 Å². The molecule has 0 aromatic rings. The third-order valence-corrected chi connectivity index (χ3v) is 3.73. The van der Waals surface area contributed by atoms with Gasteiger partial charge < -0.3 is 14.7 Å². The molecule has 0 saturated carbocycles. The molecule has 1 saturated heterocycles. The highest BCUT2D eigenvalue weighted by atomic mass is 16.5. The van der Waals surface area contributed by atoms with Crippen molar-refractivity contribution in [2.45, 2.75) is 64.4 Å². The second-order valence-electron chi connectivity index (χ2n) is 5.34. The number of rotatable bonds is 9. The smallest absolute Gasteiger partial charge is 0.222 e. The van der Waals surface area contributed by atoms with Crippen LogP contribution in [0.15, 0.2) is 0 Å². The highest BCUT2D eigenvalue weighted by Gasteiger charge is 2.22. The number of nitrogens with zero attached hydrogens (tertiary/aromatic N) is 1. The summed E-state index contributed by atoms with van der Waals surface area (Å²) in [6, 6.07) is 0. The Bertz CT molecular complexity index is 238. The van der Waals surface area contributed by atoms with Crippen molar-refractivity contribution < 1.29 is 14.6 Å². The number of ether oxygens (including phenoxy) is 1. The molecule has 0 aromatic heterocycles. The maximum atomic E-state index is 12.0. The lowest BCUT2D eigenvalue weighted by molar-refractivity contribution is -0.134. The number of carbonyl (C=O) groups is 1. The van der Waals surface area contributed by atoms with Crippen LogP contribution in [0.1, 0.15) is 58.3 Å². The summed E-state index contributed by atoms with van der Waals surface area (Å²) >= 11 is 0. The van der Waals surface area contributed by atoms with Crippen molar-refractivity contribution in [2.75, 3.05) is 26.3 Å². The highest BCUT2D eigenvalue weighted by molar-refractivity contribution is 5.76. The van der Waals surface area contributed by atoms with E-state index < -0.39 is 0 Å². The minimum absolute atomic E-state index is 0.0803. The summed E-state index contributed by atoms with van der Waals surface area (Å²) in [5.41, 5.74) is 0. The van der Waals surface area contributed by atoms with Crippen LogP contribution in [0.4, 0.5) is 0 Å². The van der Waals surface area contributed by atoms with Crippen LogP contribution >= 0.6 is 0 Å². The average molecular weight is 271 g/mol. The summed E-state index contributed by atoms with van der Waals surface area (Å²) in [7, 11) is 0. The number of aliphatic hydroxyl groups excluding tert-OH is 1. The number of unbranched alkanes of at least 4 members (excludes halogenated alkanes) is 4. The third-order valence-electron chi connectivity index (χ3n) is 3.73. The van der Waals surface area contributed by atoms with E-state index in [-0.39, 0.29) is 12.7 Å². The third kappa shape index (κ3) is 6.92. The Kier molecular flexibility index (Phi) is 8.84. The molecular weight excluding hydrogens is 242 g/mol. The Morgan fingerprint density at radius 2 is 1.89 bits per heavy atom. The van der Waals surface area contributed by atoms with Gasteiger partial charge in [-0.15, -0.1) is 0 Å². The van der Waals surface area contributed by atoms with Crippen LogP contribution < -0.4 is 0 Å². The first-order valence-electron chi connectivity index (χ1n) is 7.78. The molecule has 1 aliphatic heterocycles. The van der Waals surface area contributed by atoms with Gasteiger partial charge in [0.15, 0.2) is 0 Å². The maximum absolute atomic E-state index is 12.0. The molecule has 0 atom stereocenters. The Morgan fingerprint density at radius 3 is 2.53 bits per heavy atom. The highest BCUT2D eigenvalue weighted by Crippen LogP contribution is 2.15. The summed E-state index contributed by atoms with van der Waals surface area (Å²) in [6.45, 7) is 4.31. The molecule has 0 bridgehead atoms. The topological polar surface area (TPSA) is 49.8 Å². The summed E-state index contributed by atoms with van der Waals surface area (Å²) in [4.78, 5) is 14.0. The van der Waals surface area contributed by atoms with Gasteiger partial charge in [-0.2, -0.15) is 0 Å². The second-order valence-corrected chi connectivity index (χ2v) is 5.34. The van der Waals surface area contributed by atoms with Crippen LogP contribution in [0.25, 0.3) is 0 Å². The van der Waals surface area contributed by atoms with Crippen molar-refractivity contribution in [3.8, 4) is 0 Å². The fourth-order valence-electron chi connectivity index (χ4n) is 2.53. The molecule has 1 fully saturated rings. The molecule has 0 aliphatic carbocycles. The predicted octanol–water partition coefficient (Wildman–Crippen LogP) is 2.35. The van der Waals surface area contributed by atoms with E-state index >= 15 is 0 Å². The quantitative estimate of drug-likeness (QED) is 0.655. The molecule has 1 amide bonds. The number of amides is 1. The second kappa shape index (κ2) is 10.2. The van der Waals surface area contributed by atoms with Gasteiger partial charge in [0.25, 0.3) is 0 Å². The zero-order chi connectivity index (χ0) is 13.9. The standard InChI is InChI=1S/C15H29NO3/c1-2-3-4-5-6-7-15(18)16-10-8-14(9-11-16)19-13-12-17/h14,17H,2-13H2,1H3. The SMILES string of the molecule is CCCCCCCC(=O)N1CCC(OCCO)CC1. The van der Waals surface area contributed by atoms with E-state index in [9.17, 15) is 4.79 Å². The molecule has 19 heavy (non-hydrogen) atoms. The lowest BCUT2D eigenvalue weighted by Crippen LogP contribution is -2.41. The summed E-state index contributed by atoms with van der Waals surface area (Å²) < 4.78 is 5.50. The molecule has 1 N–H and O–H groups in total. The first kappa shape index (κ1) is 16.4. The molecule has 0 unspecified atom stereocenters. The van der Waals surface area contributed by atoms with Crippen molar-refractivity contribution in [3.05, 3.63) is 0 Å². The van der Waals surface area contributed by atoms with E-state index in [0.717, 1.165) is 32.4 Å². The van der Waals surface area contributed by atoms with Crippen molar-refractivity contribution in [1.29, 1.82) is 0 Å². The first-order valence-corrected chi connectivity index (χ1v) is 7.78. The molecule has 4 heteroatoms. The van der Waals surface area contributed by atoms with Gasteiger partial charge in [0.1, 0.15) is 0 Å². The molecule has 112 valence electrons. The van der Waals surface area contributed by atoms with E-state index in [1.54, 1.807) is 0 Å². The van der Waals surface area contributed by atoms with Crippen LogP contribution in [-0.2, 0) is 9.53 Å². The summed E-state index contributed by atoms with van der Waals surface area (Å²) in [5.74, 6) is 0.303. The van der Waals surface area contributed by atoms with E-state index in [4.69, 9.17) is 9.84 Å². The molecule has 4 nitrogen and oxygen atoms in total. The van der Waals surface area contributed by atoms with Gasteiger partial charge >= 0.3 is 0 Å². The molecule has 1 heterocycles. The number of piperidine rings is 1. The van der Waals surface area contributed by atoms with Crippen molar-refractivity contribution >= 4 is 5.91 Å². The minimum atomic E-state index is 0.0803. The minimum Gasteiger partial charge on any atom is -0.394 e. The molecule has 0 radical (unpaired) electrons. The Morgan fingerprint density at radius 1 is 1.21 bits per heavy atom. The summed E-state index contributed by atoms with van der Waals surface area (Å²) in [5, 5.41) is 8.71. The van der Waals surface area contributed by atoms with Gasteiger partial charge in [0, 0.05) is 19.5 Å². The van der Waals surface area contributed by atoms with Gasteiger partial charge in [0.2, 0.25) is 5.91 Å². The number of hydrogen-bond donors (Lipinski definition) is 1. The molecule has 1 aliphatic rings. The van der Waals surface area contributed by atoms with Gasteiger partial charge in [-0.05, 0) is 19.3 Å². The number of likely N-dealkylation sites (tertiary alicyclic amines) is 1. The van der Waals surface area contributed by atoms with Gasteiger partial charge in [0.05, 0.1) is 19.3 Å². The number of carbonyl (C=O) groups excluding carboxylic acids is 1. The van der Waals surface area contributed by atoms with E-state index in [1.807, 2.05) is 4.90 Å². The monoisotopic (exact) mass is 271 g/mol. The van der Waals surface area contributed by atoms with E-state index in [1.165, 1.54) is 25.7 Å². The van der Waals surface area contributed by atoms with Crippen LogP contribution in [-0.4, -0.2) is 48.3 Å². The van der Waals surface area contributed by atoms with Crippen LogP contribution in [0, 0.1) is 0 Å². The molecule has 0 spiro atoms. The number of aliphatic hydroxyl groups is 1. The van der Waals surface area contributed by atoms with Crippen LogP contribution in [0.5, 0.6) is 0 Å². The fraction of sp³-hybridized carbons (Fsp3) is 0.933. The van der Waals surface area contributed by atoms with E-state index in [0.29, 0.717) is 18.9 Å². The largest absolute Gasteiger partial charge is 0.394 e. The zero-order valence-electron chi connectivity index (χ0n) is 12.3.